The van der Waals surface area contributed by atoms with Crippen LogP contribution in [0.3, 0.4) is 0 Å². The van der Waals surface area contributed by atoms with Crippen LogP contribution >= 0.6 is 23.7 Å². The van der Waals surface area contributed by atoms with Crippen LogP contribution < -0.4 is 16.4 Å². The number of carbonyl (C=O) groups excluding carboxylic acids is 2. The van der Waals surface area contributed by atoms with Crippen molar-refractivity contribution in [3.8, 4) is 0 Å². The highest BCUT2D eigenvalue weighted by atomic mass is 35.5. The number of hydrogen-bond donors (Lipinski definition) is 3. The Morgan fingerprint density at radius 1 is 1.33 bits per heavy atom. The highest BCUT2D eigenvalue weighted by molar-refractivity contribution is 7.08. The van der Waals surface area contributed by atoms with E-state index < -0.39 is 0 Å². The molecule has 1 saturated carbocycles. The SMILES string of the molecule is Cl.NCC1(NC(=O)CCNC(=O)c2ccsc2)CCCC1. The lowest BCUT2D eigenvalue weighted by Gasteiger charge is -2.28. The van der Waals surface area contributed by atoms with Gasteiger partial charge in [0.15, 0.2) is 0 Å². The number of hydrogen-bond acceptors (Lipinski definition) is 4. The van der Waals surface area contributed by atoms with Crippen molar-refractivity contribution in [3.05, 3.63) is 22.4 Å². The molecule has 7 heteroatoms. The minimum atomic E-state index is -0.214. The van der Waals surface area contributed by atoms with Crippen molar-refractivity contribution in [3.63, 3.8) is 0 Å². The summed E-state index contributed by atoms with van der Waals surface area (Å²) < 4.78 is 0. The van der Waals surface area contributed by atoms with Crippen molar-refractivity contribution in [2.75, 3.05) is 13.1 Å². The van der Waals surface area contributed by atoms with Crippen LogP contribution in [-0.4, -0.2) is 30.4 Å². The first kappa shape index (κ1) is 17.9. The number of nitrogens with two attached hydrogens (primary N) is 1. The van der Waals surface area contributed by atoms with Gasteiger partial charge >= 0.3 is 0 Å². The maximum absolute atomic E-state index is 11.9. The molecule has 1 aliphatic carbocycles. The van der Waals surface area contributed by atoms with E-state index in [0.717, 1.165) is 25.7 Å². The molecule has 1 aromatic heterocycles. The van der Waals surface area contributed by atoms with Crippen LogP contribution in [0.2, 0.25) is 0 Å². The molecule has 0 spiro atoms. The molecule has 4 N–H and O–H groups in total. The Balaban J connectivity index is 0.00000220. The quantitative estimate of drug-likeness (QED) is 0.741. The molecule has 0 bridgehead atoms. The van der Waals surface area contributed by atoms with Gasteiger partial charge in [0.1, 0.15) is 0 Å². The minimum absolute atomic E-state index is 0. The van der Waals surface area contributed by atoms with Gasteiger partial charge in [0.2, 0.25) is 5.91 Å². The molecule has 1 fully saturated rings. The van der Waals surface area contributed by atoms with E-state index in [4.69, 9.17) is 5.73 Å². The molecule has 0 radical (unpaired) electrons. The first-order valence-corrected chi connectivity index (χ1v) is 7.91. The second kappa shape index (κ2) is 8.36. The molecule has 5 nitrogen and oxygen atoms in total. The van der Waals surface area contributed by atoms with Gasteiger partial charge < -0.3 is 16.4 Å². The molecular formula is C14H22ClN3O2S. The molecule has 0 aliphatic heterocycles. The van der Waals surface area contributed by atoms with Gasteiger partial charge in [0.25, 0.3) is 5.91 Å². The van der Waals surface area contributed by atoms with Gasteiger partial charge in [0, 0.05) is 30.5 Å². The summed E-state index contributed by atoms with van der Waals surface area (Å²) in [6, 6.07) is 1.77. The standard InChI is InChI=1S/C14H21N3O2S.ClH/c15-10-14(5-1-2-6-14)17-12(18)3-7-16-13(19)11-4-8-20-9-11;/h4,8-9H,1-3,5-7,10,15H2,(H,16,19)(H,17,18);1H. The lowest BCUT2D eigenvalue weighted by Crippen LogP contribution is -2.52. The zero-order valence-corrected chi connectivity index (χ0v) is 13.5. The molecule has 21 heavy (non-hydrogen) atoms. The van der Waals surface area contributed by atoms with E-state index in [9.17, 15) is 9.59 Å². The summed E-state index contributed by atoms with van der Waals surface area (Å²) in [4.78, 5) is 23.6. The molecule has 0 aromatic carbocycles. The number of rotatable bonds is 6. The summed E-state index contributed by atoms with van der Waals surface area (Å²) in [6.07, 6.45) is 4.43. The largest absolute Gasteiger partial charge is 0.351 e. The average Bonchev–Trinajstić information content (AvgIpc) is 3.10. The Kier molecular flexibility index (Phi) is 7.14. The van der Waals surface area contributed by atoms with Crippen LogP contribution in [0, 0.1) is 0 Å². The molecule has 2 amide bonds. The predicted octanol–water partition coefficient (Wildman–Crippen LogP) is 1.68. The first-order valence-electron chi connectivity index (χ1n) is 6.97. The van der Waals surface area contributed by atoms with E-state index in [-0.39, 0.29) is 36.2 Å². The van der Waals surface area contributed by atoms with Gasteiger partial charge in [-0.2, -0.15) is 11.3 Å². The van der Waals surface area contributed by atoms with Crippen molar-refractivity contribution in [1.82, 2.24) is 10.6 Å². The van der Waals surface area contributed by atoms with Gasteiger partial charge in [-0.1, -0.05) is 12.8 Å². The summed E-state index contributed by atoms with van der Waals surface area (Å²) in [5.41, 5.74) is 6.20. The second-order valence-corrected chi connectivity index (χ2v) is 6.04. The third-order valence-electron chi connectivity index (χ3n) is 3.78. The van der Waals surface area contributed by atoms with Crippen molar-refractivity contribution in [2.45, 2.75) is 37.6 Å². The van der Waals surface area contributed by atoms with Gasteiger partial charge in [-0.15, -0.1) is 12.4 Å². The Bertz CT molecular complexity index is 459. The fourth-order valence-corrected chi connectivity index (χ4v) is 3.21. The van der Waals surface area contributed by atoms with E-state index in [0.29, 0.717) is 18.7 Å². The van der Waals surface area contributed by atoms with Crippen LogP contribution in [0.15, 0.2) is 16.8 Å². The Hall–Kier alpha value is -1.11. The van der Waals surface area contributed by atoms with Crippen molar-refractivity contribution in [2.24, 2.45) is 5.73 Å². The monoisotopic (exact) mass is 331 g/mol. The third kappa shape index (κ3) is 4.98. The molecule has 0 atom stereocenters. The zero-order valence-electron chi connectivity index (χ0n) is 11.9. The number of nitrogens with one attached hydrogen (secondary N) is 2. The van der Waals surface area contributed by atoms with Gasteiger partial charge in [0.05, 0.1) is 5.54 Å². The number of carbonyl (C=O) groups is 2. The predicted molar refractivity (Wildman–Crippen MR) is 86.9 cm³/mol. The maximum atomic E-state index is 11.9. The molecule has 1 aromatic rings. The van der Waals surface area contributed by atoms with Crippen LogP contribution in [0.25, 0.3) is 0 Å². The molecule has 0 unspecified atom stereocenters. The normalized spacial score (nSPS) is 16.0. The molecule has 1 aliphatic rings. The van der Waals surface area contributed by atoms with Crippen molar-refractivity contribution in [1.29, 1.82) is 0 Å². The van der Waals surface area contributed by atoms with Gasteiger partial charge in [-0.3, -0.25) is 9.59 Å². The van der Waals surface area contributed by atoms with E-state index in [1.54, 1.807) is 11.4 Å². The highest BCUT2D eigenvalue weighted by Crippen LogP contribution is 2.28. The lowest BCUT2D eigenvalue weighted by atomic mass is 9.97. The van der Waals surface area contributed by atoms with E-state index in [1.165, 1.54) is 11.3 Å². The van der Waals surface area contributed by atoms with Gasteiger partial charge in [-0.25, -0.2) is 0 Å². The fourth-order valence-electron chi connectivity index (χ4n) is 2.58. The number of amides is 2. The third-order valence-corrected chi connectivity index (χ3v) is 4.46. The summed E-state index contributed by atoms with van der Waals surface area (Å²) >= 11 is 1.48. The second-order valence-electron chi connectivity index (χ2n) is 5.26. The summed E-state index contributed by atoms with van der Waals surface area (Å²) in [5.74, 6) is -0.170. The number of halogens is 1. The summed E-state index contributed by atoms with van der Waals surface area (Å²) in [7, 11) is 0. The average molecular weight is 332 g/mol. The van der Waals surface area contributed by atoms with Gasteiger partial charge in [-0.05, 0) is 24.3 Å². The Labute approximate surface area is 135 Å². The number of thiophene rings is 1. The van der Waals surface area contributed by atoms with Crippen LogP contribution in [0.5, 0.6) is 0 Å². The molecule has 0 saturated heterocycles. The summed E-state index contributed by atoms with van der Waals surface area (Å²) in [5, 5.41) is 9.43. The molecular weight excluding hydrogens is 310 g/mol. The van der Waals surface area contributed by atoms with Crippen molar-refractivity contribution >= 4 is 35.6 Å². The zero-order chi connectivity index (χ0) is 14.4. The maximum Gasteiger partial charge on any atom is 0.252 e. The summed E-state index contributed by atoms with van der Waals surface area (Å²) in [6.45, 7) is 0.834. The minimum Gasteiger partial charge on any atom is -0.351 e. The fraction of sp³-hybridized carbons (Fsp3) is 0.571. The van der Waals surface area contributed by atoms with E-state index in [1.807, 2.05) is 5.38 Å². The van der Waals surface area contributed by atoms with Crippen LogP contribution in [0.4, 0.5) is 0 Å². The lowest BCUT2D eigenvalue weighted by molar-refractivity contribution is -0.122. The van der Waals surface area contributed by atoms with Crippen molar-refractivity contribution < 1.29 is 9.59 Å². The molecule has 2 rings (SSSR count). The van der Waals surface area contributed by atoms with E-state index in [2.05, 4.69) is 10.6 Å². The Morgan fingerprint density at radius 2 is 2.05 bits per heavy atom. The van der Waals surface area contributed by atoms with E-state index >= 15 is 0 Å². The van der Waals surface area contributed by atoms with Crippen LogP contribution in [0.1, 0.15) is 42.5 Å². The van der Waals surface area contributed by atoms with Crippen LogP contribution in [-0.2, 0) is 4.79 Å². The first-order chi connectivity index (χ1) is 9.65. The Morgan fingerprint density at radius 3 is 2.62 bits per heavy atom. The molecule has 1 heterocycles. The smallest absolute Gasteiger partial charge is 0.252 e. The topological polar surface area (TPSA) is 84.2 Å². The highest BCUT2D eigenvalue weighted by Gasteiger charge is 2.33. The molecule has 118 valence electrons.